The van der Waals surface area contributed by atoms with Gasteiger partial charge in [0.2, 0.25) is 0 Å². The molecule has 0 aliphatic carbocycles. The van der Waals surface area contributed by atoms with Gasteiger partial charge >= 0.3 is 6.18 Å². The van der Waals surface area contributed by atoms with E-state index in [1.807, 2.05) is 25.1 Å². The molecular formula is C18H23F3N6. The maximum Gasteiger partial charge on any atom is 0.433 e. The monoisotopic (exact) mass is 380 g/mol. The molecule has 0 atom stereocenters. The van der Waals surface area contributed by atoms with Gasteiger partial charge in [-0.15, -0.1) is 0 Å². The van der Waals surface area contributed by atoms with Gasteiger partial charge in [0.25, 0.3) is 0 Å². The van der Waals surface area contributed by atoms with Gasteiger partial charge < -0.3 is 10.2 Å². The second-order valence-corrected chi connectivity index (χ2v) is 6.90. The predicted molar refractivity (Wildman–Crippen MR) is 97.5 cm³/mol. The Morgan fingerprint density at radius 3 is 2.48 bits per heavy atom. The Bertz CT molecular complexity index is 740. The summed E-state index contributed by atoms with van der Waals surface area (Å²) in [6.45, 7) is 2.34. The number of alkyl halides is 3. The average Bonchev–Trinajstić information content (AvgIpc) is 2.63. The van der Waals surface area contributed by atoms with Gasteiger partial charge in [-0.05, 0) is 24.5 Å². The molecule has 146 valence electrons. The van der Waals surface area contributed by atoms with E-state index in [2.05, 4.69) is 25.2 Å². The molecule has 27 heavy (non-hydrogen) atoms. The number of aromatic nitrogens is 3. The summed E-state index contributed by atoms with van der Waals surface area (Å²) in [5.74, 6) is 1.65. The summed E-state index contributed by atoms with van der Waals surface area (Å²) in [5, 5.41) is 3.44. The van der Waals surface area contributed by atoms with Crippen molar-refractivity contribution in [3.05, 3.63) is 42.0 Å². The molecule has 2 aromatic rings. The highest BCUT2D eigenvalue weighted by atomic mass is 19.4. The molecule has 6 nitrogen and oxygen atoms in total. The fourth-order valence-electron chi connectivity index (χ4n) is 3.06. The Kier molecular flexibility index (Phi) is 5.79. The molecule has 1 N–H and O–H groups in total. The molecular weight excluding hydrogens is 357 g/mol. The van der Waals surface area contributed by atoms with E-state index in [-0.39, 0.29) is 0 Å². The quantitative estimate of drug-likeness (QED) is 0.861. The van der Waals surface area contributed by atoms with Crippen LogP contribution in [0, 0.1) is 0 Å². The minimum Gasteiger partial charge on any atom is -0.367 e. The number of piperidine rings is 1. The zero-order valence-corrected chi connectivity index (χ0v) is 15.4. The van der Waals surface area contributed by atoms with Crippen LogP contribution in [0.2, 0.25) is 0 Å². The van der Waals surface area contributed by atoms with Gasteiger partial charge in [0.15, 0.2) is 0 Å². The average molecular weight is 380 g/mol. The van der Waals surface area contributed by atoms with Crippen LogP contribution in [0.4, 0.5) is 24.8 Å². The van der Waals surface area contributed by atoms with Crippen LogP contribution in [0.3, 0.4) is 0 Å². The Morgan fingerprint density at radius 2 is 1.89 bits per heavy atom. The molecule has 1 aliphatic heterocycles. The second-order valence-electron chi connectivity index (χ2n) is 6.90. The first-order valence-corrected chi connectivity index (χ1v) is 8.81. The summed E-state index contributed by atoms with van der Waals surface area (Å²) in [6, 6.07) is 4.78. The first-order chi connectivity index (χ1) is 12.8. The number of rotatable bonds is 5. The minimum absolute atomic E-state index is 0.317. The topological polar surface area (TPSA) is 57.2 Å². The first-order valence-electron chi connectivity index (χ1n) is 8.81. The fraction of sp³-hybridized carbons (Fsp3) is 0.500. The molecule has 0 spiro atoms. The third kappa shape index (κ3) is 5.29. The number of halogens is 3. The predicted octanol–water partition coefficient (Wildman–Crippen LogP) is 3.03. The van der Waals surface area contributed by atoms with Crippen LogP contribution in [-0.2, 0) is 12.7 Å². The van der Waals surface area contributed by atoms with Gasteiger partial charge in [-0.3, -0.25) is 9.88 Å². The van der Waals surface area contributed by atoms with Crippen molar-refractivity contribution in [3.8, 4) is 0 Å². The first kappa shape index (κ1) is 19.3. The Hall–Kier alpha value is -2.42. The molecule has 2 aromatic heterocycles. The Labute approximate surface area is 156 Å². The minimum atomic E-state index is -4.39. The highest BCUT2D eigenvalue weighted by molar-refractivity contribution is 5.47. The molecule has 1 aliphatic rings. The maximum absolute atomic E-state index is 12.6. The van der Waals surface area contributed by atoms with Crippen molar-refractivity contribution >= 4 is 11.6 Å². The molecule has 3 rings (SSSR count). The number of hydrogen-bond acceptors (Lipinski definition) is 6. The van der Waals surface area contributed by atoms with Crippen molar-refractivity contribution in [1.82, 2.24) is 19.9 Å². The van der Waals surface area contributed by atoms with E-state index < -0.39 is 11.9 Å². The van der Waals surface area contributed by atoms with Gasteiger partial charge in [-0.1, -0.05) is 6.07 Å². The van der Waals surface area contributed by atoms with E-state index in [0.717, 1.165) is 49.2 Å². The summed E-state index contributed by atoms with van der Waals surface area (Å²) in [7, 11) is 3.86. The lowest BCUT2D eigenvalue weighted by Gasteiger charge is -2.32. The van der Waals surface area contributed by atoms with Crippen LogP contribution in [0.25, 0.3) is 0 Å². The number of pyridine rings is 1. The molecule has 1 fully saturated rings. The van der Waals surface area contributed by atoms with E-state index in [1.165, 1.54) is 12.3 Å². The zero-order chi connectivity index (χ0) is 19.4. The van der Waals surface area contributed by atoms with E-state index in [9.17, 15) is 13.2 Å². The summed E-state index contributed by atoms with van der Waals surface area (Å²) in [4.78, 5) is 16.2. The third-order valence-electron chi connectivity index (χ3n) is 4.57. The number of likely N-dealkylation sites (tertiary alicyclic amines) is 1. The van der Waals surface area contributed by atoms with Crippen LogP contribution >= 0.6 is 0 Å². The van der Waals surface area contributed by atoms with Crippen LogP contribution in [0.15, 0.2) is 30.7 Å². The Balaban J connectivity index is 1.50. The van der Waals surface area contributed by atoms with E-state index in [4.69, 9.17) is 0 Å². The standard InChI is InChI=1S/C18H23F3N6/c1-26(2)17-9-16(23-12-24-17)25-14-5-7-27(8-6-14)11-13-3-4-15(22-10-13)18(19,20)21/h3-4,9-10,12,14H,5-8,11H2,1-2H3,(H,23,24,25). The van der Waals surface area contributed by atoms with Gasteiger partial charge in [0.1, 0.15) is 23.7 Å². The lowest BCUT2D eigenvalue weighted by molar-refractivity contribution is -0.141. The number of nitrogens with zero attached hydrogens (tertiary/aromatic N) is 5. The Morgan fingerprint density at radius 1 is 1.15 bits per heavy atom. The lowest BCUT2D eigenvalue weighted by atomic mass is 10.0. The molecule has 0 radical (unpaired) electrons. The van der Waals surface area contributed by atoms with Gasteiger partial charge in [0.05, 0.1) is 0 Å². The number of nitrogens with one attached hydrogen (secondary N) is 1. The molecule has 1 saturated heterocycles. The summed E-state index contributed by atoms with van der Waals surface area (Å²) in [6.07, 6.45) is 0.349. The molecule has 0 bridgehead atoms. The SMILES string of the molecule is CN(C)c1cc(NC2CCN(Cc3ccc(C(F)(F)F)nc3)CC2)ncn1. The van der Waals surface area contributed by atoms with Gasteiger partial charge in [-0.2, -0.15) is 13.2 Å². The van der Waals surface area contributed by atoms with Gasteiger partial charge in [-0.25, -0.2) is 9.97 Å². The number of anilines is 2. The van der Waals surface area contributed by atoms with Crippen LogP contribution < -0.4 is 10.2 Å². The molecule has 0 aromatic carbocycles. The maximum atomic E-state index is 12.6. The summed E-state index contributed by atoms with van der Waals surface area (Å²) < 4.78 is 37.7. The molecule has 0 unspecified atom stereocenters. The third-order valence-corrected chi connectivity index (χ3v) is 4.57. The molecule has 9 heteroatoms. The van der Waals surface area contributed by atoms with Crippen LogP contribution in [0.1, 0.15) is 24.1 Å². The van der Waals surface area contributed by atoms with Crippen molar-refractivity contribution in [1.29, 1.82) is 0 Å². The smallest absolute Gasteiger partial charge is 0.367 e. The largest absolute Gasteiger partial charge is 0.433 e. The molecule has 0 saturated carbocycles. The summed E-state index contributed by atoms with van der Waals surface area (Å²) in [5.41, 5.74) is -0.0584. The normalized spacial score (nSPS) is 16.3. The van der Waals surface area contributed by atoms with Crippen LogP contribution in [-0.4, -0.2) is 53.1 Å². The van der Waals surface area contributed by atoms with E-state index >= 15 is 0 Å². The van der Waals surface area contributed by atoms with Gasteiger partial charge in [0, 0.05) is 52.0 Å². The van der Waals surface area contributed by atoms with Crippen molar-refractivity contribution < 1.29 is 13.2 Å². The van der Waals surface area contributed by atoms with E-state index in [1.54, 1.807) is 6.33 Å². The highest BCUT2D eigenvalue weighted by Gasteiger charge is 2.32. The summed E-state index contributed by atoms with van der Waals surface area (Å²) >= 11 is 0. The zero-order valence-electron chi connectivity index (χ0n) is 15.4. The highest BCUT2D eigenvalue weighted by Crippen LogP contribution is 2.27. The van der Waals surface area contributed by atoms with Crippen molar-refractivity contribution in [2.75, 3.05) is 37.4 Å². The lowest BCUT2D eigenvalue weighted by Crippen LogP contribution is -2.38. The van der Waals surface area contributed by atoms with E-state index in [0.29, 0.717) is 12.6 Å². The second kappa shape index (κ2) is 8.08. The fourth-order valence-corrected chi connectivity index (χ4v) is 3.06. The molecule has 0 amide bonds. The van der Waals surface area contributed by atoms with Crippen molar-refractivity contribution in [2.45, 2.75) is 31.6 Å². The van der Waals surface area contributed by atoms with Crippen LogP contribution in [0.5, 0.6) is 0 Å². The molecule has 3 heterocycles. The van der Waals surface area contributed by atoms with Crippen molar-refractivity contribution in [3.63, 3.8) is 0 Å². The van der Waals surface area contributed by atoms with Crippen molar-refractivity contribution in [2.24, 2.45) is 0 Å². The number of hydrogen-bond donors (Lipinski definition) is 1.